The van der Waals surface area contributed by atoms with Crippen molar-refractivity contribution < 1.29 is 4.74 Å². The summed E-state index contributed by atoms with van der Waals surface area (Å²) in [6.07, 6.45) is 0. The monoisotopic (exact) mass is 185 g/mol. The fraction of sp³-hybridized carbons (Fsp3) is 0.556. The largest absolute Gasteiger partial charge is 0.383 e. The summed E-state index contributed by atoms with van der Waals surface area (Å²) >= 11 is 1.76. The second-order valence-electron chi connectivity index (χ2n) is 2.95. The molecule has 0 fully saturated rings. The Morgan fingerprint density at radius 2 is 2.25 bits per heavy atom. The number of hydrogen-bond donors (Lipinski definition) is 1. The van der Waals surface area contributed by atoms with Gasteiger partial charge in [-0.05, 0) is 25.5 Å². The van der Waals surface area contributed by atoms with E-state index in [2.05, 4.69) is 19.9 Å². The summed E-state index contributed by atoms with van der Waals surface area (Å²) in [5.74, 6) is 0. The van der Waals surface area contributed by atoms with Crippen molar-refractivity contribution in [2.45, 2.75) is 19.9 Å². The average Bonchev–Trinajstić information content (AvgIpc) is 2.33. The quantitative estimate of drug-likeness (QED) is 0.782. The van der Waals surface area contributed by atoms with Crippen LogP contribution in [0.1, 0.15) is 21.4 Å². The molecule has 1 unspecified atom stereocenters. The molecule has 1 heterocycles. The van der Waals surface area contributed by atoms with Crippen LogP contribution in [0, 0.1) is 13.8 Å². The topological polar surface area (TPSA) is 35.2 Å². The summed E-state index contributed by atoms with van der Waals surface area (Å²) in [5.41, 5.74) is 7.19. The van der Waals surface area contributed by atoms with Crippen LogP contribution in [0.5, 0.6) is 0 Å². The Balaban J connectivity index is 2.74. The summed E-state index contributed by atoms with van der Waals surface area (Å²) in [6, 6.07) is 2.18. The molecule has 0 saturated heterocycles. The molecule has 2 N–H and O–H groups in total. The van der Waals surface area contributed by atoms with Crippen molar-refractivity contribution in [1.29, 1.82) is 0 Å². The smallest absolute Gasteiger partial charge is 0.0663 e. The van der Waals surface area contributed by atoms with Gasteiger partial charge in [0.1, 0.15) is 0 Å². The van der Waals surface area contributed by atoms with Crippen LogP contribution in [-0.4, -0.2) is 13.7 Å². The molecule has 1 atom stereocenters. The highest BCUT2D eigenvalue weighted by molar-refractivity contribution is 7.12. The van der Waals surface area contributed by atoms with Crippen molar-refractivity contribution in [2.24, 2.45) is 5.73 Å². The van der Waals surface area contributed by atoms with E-state index in [0.29, 0.717) is 6.61 Å². The standard InChI is InChI=1S/C9H15NOS/c1-6-4-9(12-7(6)2)8(10)5-11-3/h4,8H,5,10H2,1-3H3. The number of methoxy groups -OCH3 is 1. The highest BCUT2D eigenvalue weighted by atomic mass is 32.1. The Labute approximate surface area is 77.3 Å². The molecule has 3 heteroatoms. The van der Waals surface area contributed by atoms with Crippen molar-refractivity contribution in [3.05, 3.63) is 21.4 Å². The van der Waals surface area contributed by atoms with E-state index < -0.39 is 0 Å². The zero-order valence-corrected chi connectivity index (χ0v) is 8.57. The average molecular weight is 185 g/mol. The SMILES string of the molecule is COCC(N)c1cc(C)c(C)s1. The molecule has 1 rings (SSSR count). The molecule has 0 amide bonds. The summed E-state index contributed by atoms with van der Waals surface area (Å²) < 4.78 is 4.99. The minimum Gasteiger partial charge on any atom is -0.383 e. The molecule has 0 spiro atoms. The highest BCUT2D eigenvalue weighted by Crippen LogP contribution is 2.25. The summed E-state index contributed by atoms with van der Waals surface area (Å²) in [7, 11) is 1.67. The maximum absolute atomic E-state index is 5.87. The first-order chi connectivity index (χ1) is 5.65. The van der Waals surface area contributed by atoms with Crippen LogP contribution in [0.3, 0.4) is 0 Å². The third kappa shape index (κ3) is 2.06. The van der Waals surface area contributed by atoms with E-state index in [1.54, 1.807) is 18.4 Å². The van der Waals surface area contributed by atoms with E-state index in [9.17, 15) is 0 Å². The molecule has 2 nitrogen and oxygen atoms in total. The van der Waals surface area contributed by atoms with Gasteiger partial charge in [-0.25, -0.2) is 0 Å². The number of aryl methyl sites for hydroxylation is 2. The molecule has 12 heavy (non-hydrogen) atoms. The van der Waals surface area contributed by atoms with Gasteiger partial charge in [-0.15, -0.1) is 11.3 Å². The molecule has 68 valence electrons. The molecule has 1 aromatic rings. The molecule has 0 aromatic carbocycles. The Bertz CT molecular complexity index is 238. The van der Waals surface area contributed by atoms with Gasteiger partial charge in [0, 0.05) is 16.9 Å². The summed E-state index contributed by atoms with van der Waals surface area (Å²) in [5, 5.41) is 0. The van der Waals surface area contributed by atoms with Crippen molar-refractivity contribution in [1.82, 2.24) is 0 Å². The molecule has 0 bridgehead atoms. The van der Waals surface area contributed by atoms with E-state index in [0.717, 1.165) is 0 Å². The molecular weight excluding hydrogens is 170 g/mol. The highest BCUT2D eigenvalue weighted by Gasteiger charge is 2.09. The Morgan fingerprint density at radius 1 is 1.58 bits per heavy atom. The van der Waals surface area contributed by atoms with Crippen molar-refractivity contribution in [2.75, 3.05) is 13.7 Å². The van der Waals surface area contributed by atoms with Crippen LogP contribution in [0.25, 0.3) is 0 Å². The number of nitrogens with two attached hydrogens (primary N) is 1. The van der Waals surface area contributed by atoms with Crippen LogP contribution >= 0.6 is 11.3 Å². The van der Waals surface area contributed by atoms with Gasteiger partial charge in [0.25, 0.3) is 0 Å². The third-order valence-electron chi connectivity index (χ3n) is 1.90. The zero-order valence-electron chi connectivity index (χ0n) is 7.76. The number of rotatable bonds is 3. The maximum atomic E-state index is 5.87. The van der Waals surface area contributed by atoms with Crippen LogP contribution in [0.4, 0.5) is 0 Å². The fourth-order valence-corrected chi connectivity index (χ4v) is 2.07. The van der Waals surface area contributed by atoms with Crippen molar-refractivity contribution in [3.8, 4) is 0 Å². The second-order valence-corrected chi connectivity index (χ2v) is 4.24. The van der Waals surface area contributed by atoms with Crippen LogP contribution < -0.4 is 5.73 Å². The van der Waals surface area contributed by atoms with Gasteiger partial charge in [0.15, 0.2) is 0 Å². The minimum absolute atomic E-state index is 0.0346. The number of thiophene rings is 1. The molecule has 0 radical (unpaired) electrons. The van der Waals surface area contributed by atoms with Crippen LogP contribution in [0.2, 0.25) is 0 Å². The third-order valence-corrected chi connectivity index (χ3v) is 3.18. The van der Waals surface area contributed by atoms with Gasteiger partial charge < -0.3 is 10.5 Å². The first-order valence-corrected chi connectivity index (χ1v) is 4.78. The molecule has 1 aromatic heterocycles. The lowest BCUT2D eigenvalue weighted by Crippen LogP contribution is -2.14. The lowest BCUT2D eigenvalue weighted by Gasteiger charge is -2.06. The molecule has 0 saturated carbocycles. The van der Waals surface area contributed by atoms with E-state index >= 15 is 0 Å². The van der Waals surface area contributed by atoms with E-state index in [-0.39, 0.29) is 6.04 Å². The molecule has 0 aliphatic heterocycles. The first kappa shape index (κ1) is 9.71. The van der Waals surface area contributed by atoms with E-state index in [1.165, 1.54) is 15.3 Å². The van der Waals surface area contributed by atoms with Gasteiger partial charge in [-0.3, -0.25) is 0 Å². The summed E-state index contributed by atoms with van der Waals surface area (Å²) in [6.45, 7) is 4.82. The predicted molar refractivity (Wildman–Crippen MR) is 52.6 cm³/mol. The van der Waals surface area contributed by atoms with Crippen molar-refractivity contribution >= 4 is 11.3 Å². The normalized spacial score (nSPS) is 13.3. The van der Waals surface area contributed by atoms with Crippen LogP contribution in [-0.2, 0) is 4.74 Å². The lowest BCUT2D eigenvalue weighted by atomic mass is 10.2. The van der Waals surface area contributed by atoms with Gasteiger partial charge in [0.05, 0.1) is 12.6 Å². The molecule has 0 aliphatic carbocycles. The van der Waals surface area contributed by atoms with Crippen molar-refractivity contribution in [3.63, 3.8) is 0 Å². The lowest BCUT2D eigenvalue weighted by molar-refractivity contribution is 0.182. The Kier molecular flexibility index (Phi) is 3.26. The van der Waals surface area contributed by atoms with E-state index in [1.807, 2.05) is 0 Å². The van der Waals surface area contributed by atoms with Crippen LogP contribution in [0.15, 0.2) is 6.07 Å². The maximum Gasteiger partial charge on any atom is 0.0663 e. The second kappa shape index (κ2) is 4.03. The molecule has 0 aliphatic rings. The molecular formula is C9H15NOS. The van der Waals surface area contributed by atoms with Gasteiger partial charge >= 0.3 is 0 Å². The predicted octanol–water partition coefficient (Wildman–Crippen LogP) is 2.01. The number of ether oxygens (including phenoxy) is 1. The Morgan fingerprint density at radius 3 is 2.67 bits per heavy atom. The van der Waals surface area contributed by atoms with Gasteiger partial charge in [-0.1, -0.05) is 0 Å². The van der Waals surface area contributed by atoms with E-state index in [4.69, 9.17) is 10.5 Å². The Hall–Kier alpha value is -0.380. The number of hydrogen-bond acceptors (Lipinski definition) is 3. The fourth-order valence-electron chi connectivity index (χ4n) is 1.05. The first-order valence-electron chi connectivity index (χ1n) is 3.96. The zero-order chi connectivity index (χ0) is 9.14. The summed E-state index contributed by atoms with van der Waals surface area (Å²) in [4.78, 5) is 2.56. The van der Waals surface area contributed by atoms with Gasteiger partial charge in [-0.2, -0.15) is 0 Å². The minimum atomic E-state index is 0.0346. The van der Waals surface area contributed by atoms with Gasteiger partial charge in [0.2, 0.25) is 0 Å².